The summed E-state index contributed by atoms with van der Waals surface area (Å²) in [6.45, 7) is 13.1. The van der Waals surface area contributed by atoms with Gasteiger partial charge in [-0.3, -0.25) is 0 Å². The molecule has 0 aliphatic carbocycles. The van der Waals surface area contributed by atoms with Gasteiger partial charge in [0, 0.05) is 26.4 Å². The first-order chi connectivity index (χ1) is 40.5. The number of benzene rings is 10. The van der Waals surface area contributed by atoms with Gasteiger partial charge in [0.2, 0.25) is 0 Å². The van der Waals surface area contributed by atoms with E-state index >= 15 is 0 Å². The zero-order valence-electron chi connectivity index (χ0n) is 48.3. The number of halogens is 4. The zero-order chi connectivity index (χ0) is 58.2. The van der Waals surface area contributed by atoms with Crippen molar-refractivity contribution in [1.29, 1.82) is 0 Å². The van der Waals surface area contributed by atoms with Crippen molar-refractivity contribution in [2.45, 2.75) is 53.4 Å². The van der Waals surface area contributed by atoms with Crippen molar-refractivity contribution < 1.29 is 49.1 Å². The molecule has 434 valence electrons. The van der Waals surface area contributed by atoms with Gasteiger partial charge < -0.3 is 26.7 Å². The molecule has 0 spiro atoms. The smallest absolute Gasteiger partial charge is 0.418 e. The third-order valence-electron chi connectivity index (χ3n) is 14.5. The Labute approximate surface area is 517 Å². The second kappa shape index (κ2) is 34.5. The first-order valence-electron chi connectivity index (χ1n) is 28.6. The van der Waals surface area contributed by atoms with Gasteiger partial charge in [0.15, 0.2) is 0 Å². The van der Waals surface area contributed by atoms with Crippen molar-refractivity contribution in [2.24, 2.45) is 0 Å². The number of aryl methyl sites for hydroxylation is 4. The summed E-state index contributed by atoms with van der Waals surface area (Å²) in [6, 6.07) is 98.8. The normalized spacial score (nSPS) is 12.6. The Kier molecular flexibility index (Phi) is 27.1. The third kappa shape index (κ3) is 19.2. The van der Waals surface area contributed by atoms with E-state index in [1.54, 1.807) is 0 Å². The Morgan fingerprint density at radius 2 is 0.417 bits per heavy atom. The van der Waals surface area contributed by atoms with E-state index in [4.69, 9.17) is 9.47 Å². The number of rotatable bonds is 12. The number of hydrogen-bond donors (Lipinski definition) is 0. The molecule has 84 heavy (non-hydrogen) atoms. The predicted molar refractivity (Wildman–Crippen MR) is 363 cm³/mol. The molecule has 2 aliphatic heterocycles. The van der Waals surface area contributed by atoms with Crippen molar-refractivity contribution >= 4 is 103 Å². The third-order valence-corrected chi connectivity index (χ3v) is 26.9. The summed E-state index contributed by atoms with van der Waals surface area (Å²) in [5.74, 6) is 0. The fraction of sp³-hybridized carbons (Fsp3) is 0.167. The molecule has 0 bridgehead atoms. The molecule has 10 aromatic carbocycles. The van der Waals surface area contributed by atoms with Crippen molar-refractivity contribution in [3.8, 4) is 0 Å². The maximum atomic E-state index is 9.75. The molecule has 0 N–H and O–H groups in total. The van der Waals surface area contributed by atoms with Crippen LogP contribution < -0.4 is 63.7 Å². The van der Waals surface area contributed by atoms with Crippen LogP contribution in [0.1, 0.15) is 47.9 Å². The second-order valence-corrected chi connectivity index (χ2v) is 30.1. The maximum Gasteiger partial charge on any atom is 1.00 e. The molecule has 0 saturated carbocycles. The summed E-state index contributed by atoms with van der Waals surface area (Å²) in [4.78, 5) is 0. The van der Waals surface area contributed by atoms with Gasteiger partial charge in [0.25, 0.3) is 0 Å². The van der Waals surface area contributed by atoms with Crippen LogP contribution in [-0.2, 0) is 31.9 Å². The van der Waals surface area contributed by atoms with Crippen LogP contribution in [0.4, 0.5) is 17.3 Å². The van der Waals surface area contributed by atoms with E-state index < -0.39 is 38.9 Å². The van der Waals surface area contributed by atoms with Crippen LogP contribution in [0.3, 0.4) is 0 Å². The topological polar surface area (TPSA) is 18.5 Å². The van der Waals surface area contributed by atoms with Crippen molar-refractivity contribution in [3.05, 3.63) is 289 Å². The Bertz CT molecular complexity index is 3100. The minimum atomic E-state index is -6.00. The van der Waals surface area contributed by atoms with Gasteiger partial charge in [-0.25, -0.2) is 0 Å². The van der Waals surface area contributed by atoms with Gasteiger partial charge in [0.05, 0.1) is 0 Å². The van der Waals surface area contributed by atoms with E-state index in [0.717, 1.165) is 26.4 Å². The Morgan fingerprint density at radius 1 is 0.250 bits per heavy atom. The molecule has 0 atom stereocenters. The summed E-state index contributed by atoms with van der Waals surface area (Å²) < 4.78 is 48.9. The molecule has 0 aromatic heterocycles. The van der Waals surface area contributed by atoms with E-state index in [1.807, 2.05) is 0 Å². The van der Waals surface area contributed by atoms with Crippen molar-refractivity contribution in [1.82, 2.24) is 0 Å². The molecule has 2 aliphatic rings. The second-order valence-electron chi connectivity index (χ2n) is 20.4. The molecule has 2 saturated heterocycles. The first kappa shape index (κ1) is 65.9. The molecule has 2 nitrogen and oxygen atoms in total. The summed E-state index contributed by atoms with van der Waals surface area (Å²) in [5, 5.41) is 17.7. The Morgan fingerprint density at radius 3 is 0.595 bits per heavy atom. The largest absolute Gasteiger partial charge is 1.00 e. The van der Waals surface area contributed by atoms with Crippen LogP contribution in [0.25, 0.3) is 0 Å². The van der Waals surface area contributed by atoms with Crippen molar-refractivity contribution in [3.63, 3.8) is 0 Å². The molecule has 0 amide bonds. The molecule has 2 fully saturated rings. The van der Waals surface area contributed by atoms with Gasteiger partial charge in [0.1, 0.15) is 95.3 Å². The standard InChI is InChI=1S/C34H32P2.C30H24P2.2C4H8O.Ag.BF4/c1-25-15-5-9-19-29(25)35(30-20-10-6-16-26(30)2)33-23-13-14-24-34(33)36(31-21-11-7-17-27(31)3)32-22-12-8-18-28(32)4;1-5-15-25(16-6-1)31(26-17-7-2-8-18-26)29-23-13-14-24-30(29)32(27-19-9-3-10-20-27)28-21-11-4-12-22-28;2*1-2-4-5-3-1;;2-1(3,4)5/h5-24H,1-4H3;1-24H;2*1-4H2;;/q;;;;+1;-1/p+4. The molecular formula is C72H76AgBF4O2P4+4. The van der Waals surface area contributed by atoms with Crippen LogP contribution in [0, 0.1) is 27.7 Å². The maximum absolute atomic E-state index is 9.75. The Balaban J connectivity index is 0.000000192. The van der Waals surface area contributed by atoms with Crippen LogP contribution in [0.15, 0.2) is 267 Å². The minimum Gasteiger partial charge on any atom is -0.418 e. The van der Waals surface area contributed by atoms with E-state index in [9.17, 15) is 17.3 Å². The van der Waals surface area contributed by atoms with Crippen LogP contribution in [0.2, 0.25) is 0 Å². The molecule has 12 heteroatoms. The van der Waals surface area contributed by atoms with E-state index in [1.165, 1.54) is 112 Å². The van der Waals surface area contributed by atoms with Crippen LogP contribution >= 0.6 is 31.7 Å². The summed E-state index contributed by atoms with van der Waals surface area (Å²) in [7, 11) is -10.7. The quantitative estimate of drug-likeness (QED) is 0.0689. The fourth-order valence-corrected chi connectivity index (χ4v) is 23.2. The average molecular weight is 1290 g/mol. The molecule has 12 rings (SSSR count). The van der Waals surface area contributed by atoms with E-state index in [-0.39, 0.29) is 22.4 Å². The molecule has 10 aromatic rings. The average Bonchev–Trinajstić information content (AvgIpc) is 3.25. The van der Waals surface area contributed by atoms with Gasteiger partial charge in [-0.05, 0) is 173 Å². The van der Waals surface area contributed by atoms with Gasteiger partial charge in [-0.2, -0.15) is 0 Å². The van der Waals surface area contributed by atoms with Crippen LogP contribution in [0.5, 0.6) is 0 Å². The van der Waals surface area contributed by atoms with Gasteiger partial charge in [-0.15, -0.1) is 0 Å². The number of ether oxygens (including phenoxy) is 2. The number of hydrogen-bond acceptors (Lipinski definition) is 2. The predicted octanol–water partition coefficient (Wildman–Crippen LogP) is 13.5. The van der Waals surface area contributed by atoms with Crippen molar-refractivity contribution in [2.75, 3.05) is 26.4 Å². The fourth-order valence-electron chi connectivity index (χ4n) is 10.5. The monoisotopic (exact) mass is 1290 g/mol. The minimum absolute atomic E-state index is 0. The van der Waals surface area contributed by atoms with E-state index in [0.29, 0.717) is 0 Å². The summed E-state index contributed by atoms with van der Waals surface area (Å²) >= 11 is 0. The Hall–Kier alpha value is -5.63. The molecule has 0 radical (unpaired) electrons. The van der Waals surface area contributed by atoms with Gasteiger partial charge in [-0.1, -0.05) is 170 Å². The van der Waals surface area contributed by atoms with E-state index in [2.05, 4.69) is 295 Å². The summed E-state index contributed by atoms with van der Waals surface area (Å²) in [5.41, 5.74) is 5.52. The molecule has 0 unspecified atom stereocenters. The molecule has 2 heterocycles. The molecular weight excluding hydrogens is 1220 g/mol. The SMILES string of the molecule is C1CCOC1.C1CCOC1.Cc1ccccc1[PH+](c1ccccc1C)c1ccccc1[PH+](c1ccccc1C)c1ccccc1C.F[B-](F)(F)F.[Ag+].c1ccc([PH+](c2ccccc2)c2ccccc2[PH+](c2ccccc2)c2ccccc2)cc1. The summed E-state index contributed by atoms with van der Waals surface area (Å²) in [6.07, 6.45) is 5.11. The van der Waals surface area contributed by atoms with Gasteiger partial charge >= 0.3 is 29.6 Å². The van der Waals surface area contributed by atoms with Crippen LogP contribution in [-0.4, -0.2) is 33.7 Å². The first-order valence-corrected chi connectivity index (χ1v) is 34.6. The zero-order valence-corrected chi connectivity index (χ0v) is 53.7.